The van der Waals surface area contributed by atoms with E-state index >= 15 is 0 Å². The first-order chi connectivity index (χ1) is 14.7. The molecule has 8 heteroatoms. The van der Waals surface area contributed by atoms with Gasteiger partial charge < -0.3 is 13.8 Å². The Morgan fingerprint density at radius 2 is 1.97 bits per heavy atom. The summed E-state index contributed by atoms with van der Waals surface area (Å²) in [5.41, 5.74) is 4.82. The van der Waals surface area contributed by atoms with E-state index in [1.165, 1.54) is 0 Å². The third-order valence-corrected chi connectivity index (χ3v) is 5.15. The average Bonchev–Trinajstić information content (AvgIpc) is 3.48. The highest BCUT2D eigenvalue weighted by Crippen LogP contribution is 2.27. The van der Waals surface area contributed by atoms with Gasteiger partial charge in [-0.05, 0) is 37.1 Å². The summed E-state index contributed by atoms with van der Waals surface area (Å²) >= 11 is 0. The number of nitrogens with zero attached hydrogens (tertiary/aromatic N) is 6. The van der Waals surface area contributed by atoms with Gasteiger partial charge >= 0.3 is 0 Å². The second-order valence-corrected chi connectivity index (χ2v) is 7.03. The van der Waals surface area contributed by atoms with Gasteiger partial charge in [-0.3, -0.25) is 0 Å². The molecule has 30 heavy (non-hydrogen) atoms. The molecule has 0 spiro atoms. The van der Waals surface area contributed by atoms with Crippen LogP contribution in [-0.4, -0.2) is 30.4 Å². The molecule has 0 fully saturated rings. The molecule has 0 bridgehead atoms. The van der Waals surface area contributed by atoms with E-state index in [1.54, 1.807) is 23.3 Å². The van der Waals surface area contributed by atoms with Crippen molar-refractivity contribution in [2.75, 3.05) is 0 Å². The van der Waals surface area contributed by atoms with Gasteiger partial charge in [0.25, 0.3) is 0 Å². The fourth-order valence-corrected chi connectivity index (χ4v) is 3.52. The first-order valence-electron chi connectivity index (χ1n) is 9.63. The second kappa shape index (κ2) is 7.47. The lowest BCUT2D eigenvalue weighted by molar-refractivity contribution is 0.126. The highest BCUT2D eigenvalue weighted by Gasteiger charge is 2.18. The lowest BCUT2D eigenvalue weighted by Gasteiger charge is -2.05. The van der Waals surface area contributed by atoms with Crippen LogP contribution < -0.4 is 0 Å². The van der Waals surface area contributed by atoms with Gasteiger partial charge in [0, 0.05) is 5.69 Å². The molecule has 0 aliphatic heterocycles. The van der Waals surface area contributed by atoms with E-state index in [0.29, 0.717) is 12.4 Å². The lowest BCUT2D eigenvalue weighted by Crippen LogP contribution is -2.02. The topological polar surface area (TPSA) is 82.7 Å². The number of rotatable bonds is 6. The normalized spacial score (nSPS) is 11.8. The minimum absolute atomic E-state index is 0.178. The number of hydrogen-bond donors (Lipinski definition) is 0. The number of fused-ring (bicyclic) bond motifs is 3. The highest BCUT2D eigenvalue weighted by atomic mass is 16.6. The van der Waals surface area contributed by atoms with E-state index in [9.17, 15) is 0 Å². The predicted molar refractivity (Wildman–Crippen MR) is 112 cm³/mol. The van der Waals surface area contributed by atoms with Gasteiger partial charge in [0.15, 0.2) is 18.1 Å². The van der Waals surface area contributed by atoms with Gasteiger partial charge in [-0.25, -0.2) is 14.5 Å². The van der Waals surface area contributed by atoms with Crippen LogP contribution >= 0.6 is 0 Å². The highest BCUT2D eigenvalue weighted by molar-refractivity contribution is 5.93. The van der Waals surface area contributed by atoms with Crippen LogP contribution in [0.5, 0.6) is 0 Å². The Bertz CT molecular complexity index is 1330. The number of aryl methyl sites for hydroxylation is 1. The fourth-order valence-electron chi connectivity index (χ4n) is 3.52. The van der Waals surface area contributed by atoms with E-state index in [1.807, 2.05) is 42.5 Å². The van der Waals surface area contributed by atoms with Crippen molar-refractivity contribution < 1.29 is 9.25 Å². The summed E-state index contributed by atoms with van der Waals surface area (Å²) in [4.78, 5) is 14.7. The van der Waals surface area contributed by atoms with Crippen LogP contribution in [0, 0.1) is 13.8 Å². The van der Waals surface area contributed by atoms with E-state index in [0.717, 1.165) is 39.3 Å². The minimum Gasteiger partial charge on any atom is -0.467 e. The molecule has 0 N–H and O–H groups in total. The molecule has 5 aromatic rings. The molecule has 0 saturated carbocycles. The number of oxime groups is 1. The zero-order valence-electron chi connectivity index (χ0n) is 16.7. The van der Waals surface area contributed by atoms with Crippen molar-refractivity contribution in [3.05, 3.63) is 83.5 Å². The first-order valence-corrected chi connectivity index (χ1v) is 9.63. The van der Waals surface area contributed by atoms with Crippen molar-refractivity contribution in [1.82, 2.24) is 24.1 Å². The average molecular weight is 400 g/mol. The Morgan fingerprint density at radius 1 is 1.10 bits per heavy atom. The number of aromatic nitrogens is 5. The van der Waals surface area contributed by atoms with Crippen LogP contribution in [0.25, 0.3) is 16.7 Å². The molecule has 150 valence electrons. The molecule has 0 saturated heterocycles. The molecule has 4 heterocycles. The maximum atomic E-state index is 5.52. The van der Waals surface area contributed by atoms with Crippen molar-refractivity contribution in [2.24, 2.45) is 5.16 Å². The molecule has 5 rings (SSSR count). The summed E-state index contributed by atoms with van der Waals surface area (Å²) in [5.74, 6) is 1.42. The standard InChI is InChI=1S/C22H20N6O2/c1-15-16(2)27(12-18-9-6-10-29-18)21-20(15)22-25-19(26-28(22)14-23-21)13-30-24-11-17-7-4-3-5-8-17/h3-11,14H,12-13H2,1-2H3/b24-11+. The largest absolute Gasteiger partial charge is 0.467 e. The number of benzene rings is 1. The summed E-state index contributed by atoms with van der Waals surface area (Å²) in [6, 6.07) is 13.6. The summed E-state index contributed by atoms with van der Waals surface area (Å²) < 4.78 is 9.34. The Labute approximate surface area is 172 Å². The van der Waals surface area contributed by atoms with E-state index < -0.39 is 0 Å². The van der Waals surface area contributed by atoms with Crippen LogP contribution in [0.2, 0.25) is 0 Å². The summed E-state index contributed by atoms with van der Waals surface area (Å²) in [7, 11) is 0. The van der Waals surface area contributed by atoms with Gasteiger partial charge in [0.1, 0.15) is 17.7 Å². The third kappa shape index (κ3) is 3.22. The number of hydrogen-bond acceptors (Lipinski definition) is 6. The quantitative estimate of drug-likeness (QED) is 0.319. The van der Waals surface area contributed by atoms with Gasteiger partial charge in [-0.2, -0.15) is 0 Å². The van der Waals surface area contributed by atoms with Crippen molar-refractivity contribution in [3.8, 4) is 0 Å². The van der Waals surface area contributed by atoms with Crippen LogP contribution in [0.3, 0.4) is 0 Å². The SMILES string of the molecule is Cc1c(C)n(Cc2ccco2)c2ncn3nc(CO/N=C/c4ccccc4)nc3c12. The van der Waals surface area contributed by atoms with Gasteiger partial charge in [-0.15, -0.1) is 5.10 Å². The maximum Gasteiger partial charge on any atom is 0.192 e. The van der Waals surface area contributed by atoms with E-state index in [-0.39, 0.29) is 6.61 Å². The van der Waals surface area contributed by atoms with Crippen LogP contribution in [0.4, 0.5) is 0 Å². The monoisotopic (exact) mass is 400 g/mol. The Hall–Kier alpha value is -3.94. The van der Waals surface area contributed by atoms with Gasteiger partial charge in [0.05, 0.1) is 24.4 Å². The fraction of sp³-hybridized carbons (Fsp3) is 0.182. The maximum absolute atomic E-state index is 5.52. The third-order valence-electron chi connectivity index (χ3n) is 5.15. The van der Waals surface area contributed by atoms with Crippen LogP contribution in [0.1, 0.15) is 28.4 Å². The zero-order valence-corrected chi connectivity index (χ0v) is 16.7. The molecule has 0 aliphatic rings. The van der Waals surface area contributed by atoms with Crippen molar-refractivity contribution in [1.29, 1.82) is 0 Å². The Kier molecular flexibility index (Phi) is 4.51. The van der Waals surface area contributed by atoms with Gasteiger partial charge in [0.2, 0.25) is 0 Å². The van der Waals surface area contributed by atoms with Crippen LogP contribution in [-0.2, 0) is 18.0 Å². The van der Waals surface area contributed by atoms with Crippen LogP contribution in [0.15, 0.2) is 64.6 Å². The Balaban J connectivity index is 1.44. The summed E-state index contributed by atoms with van der Waals surface area (Å²) in [6.07, 6.45) is 5.02. The van der Waals surface area contributed by atoms with E-state index in [2.05, 4.69) is 38.6 Å². The van der Waals surface area contributed by atoms with Crippen molar-refractivity contribution in [2.45, 2.75) is 27.0 Å². The molecular weight excluding hydrogens is 380 g/mol. The zero-order chi connectivity index (χ0) is 20.5. The predicted octanol–water partition coefficient (Wildman–Crippen LogP) is 3.89. The molecule has 0 unspecified atom stereocenters. The van der Waals surface area contributed by atoms with Crippen molar-refractivity contribution >= 4 is 22.9 Å². The minimum atomic E-state index is 0.178. The molecular formula is C22H20N6O2. The second-order valence-electron chi connectivity index (χ2n) is 7.03. The van der Waals surface area contributed by atoms with Gasteiger partial charge in [-0.1, -0.05) is 35.5 Å². The first kappa shape index (κ1) is 18.1. The molecule has 0 radical (unpaired) electrons. The number of furan rings is 1. The smallest absolute Gasteiger partial charge is 0.192 e. The summed E-state index contributed by atoms with van der Waals surface area (Å²) in [6.45, 7) is 4.95. The molecule has 1 aromatic carbocycles. The molecule has 0 amide bonds. The van der Waals surface area contributed by atoms with E-state index in [4.69, 9.17) is 9.25 Å². The summed E-state index contributed by atoms with van der Waals surface area (Å²) in [5, 5.41) is 9.46. The van der Waals surface area contributed by atoms with Crippen molar-refractivity contribution in [3.63, 3.8) is 0 Å². The molecule has 8 nitrogen and oxygen atoms in total. The molecule has 0 atom stereocenters. The Morgan fingerprint density at radius 3 is 2.77 bits per heavy atom. The molecule has 4 aromatic heterocycles. The lowest BCUT2D eigenvalue weighted by atomic mass is 10.2. The molecule has 0 aliphatic carbocycles.